The predicted octanol–water partition coefficient (Wildman–Crippen LogP) is 3.31. The number of nitrogens with zero attached hydrogens (tertiary/aromatic N) is 5. The van der Waals surface area contributed by atoms with E-state index in [1.165, 1.54) is 0 Å². The topological polar surface area (TPSA) is 93.1 Å². The molecule has 0 bridgehead atoms. The largest absolute Gasteiger partial charge is 0.381 e. The number of fused-ring (bicyclic) bond motifs is 1. The van der Waals surface area contributed by atoms with Crippen molar-refractivity contribution in [3.63, 3.8) is 0 Å². The summed E-state index contributed by atoms with van der Waals surface area (Å²) in [4.78, 5) is 32.3. The van der Waals surface area contributed by atoms with Crippen molar-refractivity contribution < 1.29 is 9.53 Å². The highest BCUT2D eigenvalue weighted by atomic mass is 35.5. The van der Waals surface area contributed by atoms with E-state index >= 15 is 0 Å². The van der Waals surface area contributed by atoms with Crippen molar-refractivity contribution >= 4 is 29.3 Å². The Morgan fingerprint density at radius 1 is 1.19 bits per heavy atom. The van der Waals surface area contributed by atoms with E-state index in [9.17, 15) is 4.79 Å². The van der Waals surface area contributed by atoms with Crippen LogP contribution in [0.2, 0.25) is 5.15 Å². The fraction of sp³-hybridized carbons (Fsp3) is 0.348. The number of amides is 1. The Morgan fingerprint density at radius 2 is 2.06 bits per heavy atom. The first kappa shape index (κ1) is 20.8. The molecule has 9 heteroatoms. The number of pyridine rings is 2. The maximum Gasteiger partial charge on any atom is 0.232 e. The van der Waals surface area contributed by atoms with Gasteiger partial charge in [0.25, 0.3) is 0 Å². The molecule has 5 heterocycles. The van der Waals surface area contributed by atoms with E-state index in [2.05, 4.69) is 31.3 Å². The Labute approximate surface area is 191 Å². The highest BCUT2D eigenvalue weighted by molar-refractivity contribution is 6.30. The van der Waals surface area contributed by atoms with E-state index < -0.39 is 0 Å². The van der Waals surface area contributed by atoms with Crippen molar-refractivity contribution in [2.45, 2.75) is 31.7 Å². The van der Waals surface area contributed by atoms with Crippen LogP contribution >= 0.6 is 11.6 Å². The predicted molar refractivity (Wildman–Crippen MR) is 122 cm³/mol. The van der Waals surface area contributed by atoms with Crippen molar-refractivity contribution in [2.24, 2.45) is 0 Å². The number of ether oxygens (including phenoxy) is 1. The molecule has 0 saturated carbocycles. The number of halogens is 1. The number of aromatic nitrogens is 4. The van der Waals surface area contributed by atoms with Gasteiger partial charge in [-0.3, -0.25) is 9.69 Å². The van der Waals surface area contributed by atoms with Gasteiger partial charge in [-0.25, -0.2) is 19.9 Å². The fourth-order valence-corrected chi connectivity index (χ4v) is 4.26. The number of rotatable bonds is 5. The van der Waals surface area contributed by atoms with Gasteiger partial charge in [0.15, 0.2) is 0 Å². The number of nitrogens with one attached hydrogen (secondary N) is 1. The summed E-state index contributed by atoms with van der Waals surface area (Å²) >= 11 is 6.12. The maximum absolute atomic E-state index is 12.9. The van der Waals surface area contributed by atoms with E-state index in [-0.39, 0.29) is 12.3 Å². The van der Waals surface area contributed by atoms with Gasteiger partial charge < -0.3 is 10.1 Å². The molecular weight excluding hydrogens is 428 g/mol. The lowest BCUT2D eigenvalue weighted by atomic mass is 10.1. The molecule has 0 aromatic carbocycles. The number of anilines is 2. The van der Waals surface area contributed by atoms with Crippen LogP contribution in [0.25, 0.3) is 11.3 Å². The van der Waals surface area contributed by atoms with Gasteiger partial charge in [0.2, 0.25) is 11.9 Å². The molecule has 5 rings (SSSR count). The van der Waals surface area contributed by atoms with Crippen molar-refractivity contribution in [3.8, 4) is 11.3 Å². The lowest BCUT2D eigenvalue weighted by Gasteiger charge is -2.23. The Morgan fingerprint density at radius 3 is 2.91 bits per heavy atom. The molecule has 3 aromatic rings. The molecule has 1 fully saturated rings. The minimum absolute atomic E-state index is 0.0381. The molecule has 2 aliphatic rings. The SMILES string of the molecule is O=C(Cc1cccnc1Cl)N1CCc2cc(-c3ccnc(NC4CCOCC4)n3)cnc21. The van der Waals surface area contributed by atoms with Gasteiger partial charge in [-0.1, -0.05) is 17.7 Å². The van der Waals surface area contributed by atoms with Crippen LogP contribution in [0.3, 0.4) is 0 Å². The number of hydrogen-bond donors (Lipinski definition) is 1. The summed E-state index contributed by atoms with van der Waals surface area (Å²) in [6.45, 7) is 2.12. The number of carbonyl (C=O) groups excluding carboxylic acids is 1. The minimum Gasteiger partial charge on any atom is -0.381 e. The standard InChI is InChI=1S/C23H23ClN6O2/c24-21-15(2-1-7-25-21)13-20(31)30-9-4-16-12-17(14-27-22(16)30)19-3-8-26-23(29-19)28-18-5-10-32-11-6-18/h1-3,7-8,12,14,18H,4-6,9-11,13H2,(H,26,28,29). The molecule has 0 spiro atoms. The first-order chi connectivity index (χ1) is 15.7. The molecule has 0 radical (unpaired) electrons. The molecule has 1 amide bonds. The smallest absolute Gasteiger partial charge is 0.232 e. The zero-order valence-electron chi connectivity index (χ0n) is 17.5. The van der Waals surface area contributed by atoms with E-state index in [1.807, 2.05) is 12.1 Å². The van der Waals surface area contributed by atoms with Gasteiger partial charge in [0, 0.05) is 50.0 Å². The molecule has 0 aliphatic carbocycles. The van der Waals surface area contributed by atoms with Gasteiger partial charge in [-0.05, 0) is 48.6 Å². The van der Waals surface area contributed by atoms with Gasteiger partial charge in [-0.2, -0.15) is 0 Å². The van der Waals surface area contributed by atoms with Gasteiger partial charge in [0.1, 0.15) is 11.0 Å². The van der Waals surface area contributed by atoms with Crippen molar-refractivity contribution in [3.05, 3.63) is 59.1 Å². The average molecular weight is 451 g/mol. The molecule has 3 aromatic heterocycles. The average Bonchev–Trinajstić information content (AvgIpc) is 3.25. The lowest BCUT2D eigenvalue weighted by Crippen LogP contribution is -2.31. The molecule has 32 heavy (non-hydrogen) atoms. The van der Waals surface area contributed by atoms with Crippen LogP contribution in [0.4, 0.5) is 11.8 Å². The molecular formula is C23H23ClN6O2. The Bertz CT molecular complexity index is 1130. The summed E-state index contributed by atoms with van der Waals surface area (Å²) in [6, 6.07) is 7.87. The fourth-order valence-electron chi connectivity index (χ4n) is 4.07. The van der Waals surface area contributed by atoms with Crippen LogP contribution in [-0.4, -0.2) is 51.6 Å². The number of carbonyl (C=O) groups is 1. The second-order valence-electron chi connectivity index (χ2n) is 7.93. The monoisotopic (exact) mass is 450 g/mol. The van der Waals surface area contributed by atoms with Crippen molar-refractivity contribution in [2.75, 3.05) is 30.0 Å². The molecule has 1 N–H and O–H groups in total. The third-order valence-corrected chi connectivity index (χ3v) is 6.13. The van der Waals surface area contributed by atoms with Gasteiger partial charge in [0.05, 0.1) is 12.1 Å². The van der Waals surface area contributed by atoms with Gasteiger partial charge >= 0.3 is 0 Å². The molecule has 2 aliphatic heterocycles. The van der Waals surface area contributed by atoms with Crippen LogP contribution < -0.4 is 10.2 Å². The highest BCUT2D eigenvalue weighted by Crippen LogP contribution is 2.30. The van der Waals surface area contributed by atoms with Crippen molar-refractivity contribution in [1.29, 1.82) is 0 Å². The van der Waals surface area contributed by atoms with E-state index in [0.717, 1.165) is 54.9 Å². The Hall–Kier alpha value is -3.10. The Balaban J connectivity index is 1.32. The van der Waals surface area contributed by atoms with Gasteiger partial charge in [-0.15, -0.1) is 0 Å². The summed E-state index contributed by atoms with van der Waals surface area (Å²) in [5, 5.41) is 3.76. The quantitative estimate of drug-likeness (QED) is 0.596. The van der Waals surface area contributed by atoms with E-state index in [1.54, 1.807) is 29.6 Å². The summed E-state index contributed by atoms with van der Waals surface area (Å²) in [5.74, 6) is 1.28. The third-order valence-electron chi connectivity index (χ3n) is 5.79. The molecule has 8 nitrogen and oxygen atoms in total. The summed E-state index contributed by atoms with van der Waals surface area (Å²) < 4.78 is 5.41. The van der Waals surface area contributed by atoms with E-state index in [0.29, 0.717) is 29.5 Å². The van der Waals surface area contributed by atoms with E-state index in [4.69, 9.17) is 16.3 Å². The normalized spacial score (nSPS) is 16.1. The molecule has 164 valence electrons. The molecule has 1 saturated heterocycles. The summed E-state index contributed by atoms with van der Waals surface area (Å²) in [5.41, 5.74) is 3.46. The third kappa shape index (κ3) is 4.42. The second kappa shape index (κ2) is 9.18. The van der Waals surface area contributed by atoms with Crippen LogP contribution in [0.1, 0.15) is 24.0 Å². The first-order valence-corrected chi connectivity index (χ1v) is 11.1. The zero-order valence-corrected chi connectivity index (χ0v) is 18.3. The van der Waals surface area contributed by atoms with Crippen LogP contribution in [0, 0.1) is 0 Å². The summed E-state index contributed by atoms with van der Waals surface area (Å²) in [6.07, 6.45) is 7.97. The maximum atomic E-state index is 12.9. The summed E-state index contributed by atoms with van der Waals surface area (Å²) in [7, 11) is 0. The van der Waals surface area contributed by atoms with Crippen LogP contribution in [0.5, 0.6) is 0 Å². The minimum atomic E-state index is -0.0381. The lowest BCUT2D eigenvalue weighted by molar-refractivity contribution is -0.117. The zero-order chi connectivity index (χ0) is 21.9. The van der Waals surface area contributed by atoms with Crippen molar-refractivity contribution in [1.82, 2.24) is 19.9 Å². The second-order valence-corrected chi connectivity index (χ2v) is 8.29. The molecule has 0 atom stereocenters. The van der Waals surface area contributed by atoms with Crippen LogP contribution in [-0.2, 0) is 22.4 Å². The van der Waals surface area contributed by atoms with Crippen LogP contribution in [0.15, 0.2) is 42.9 Å². The highest BCUT2D eigenvalue weighted by Gasteiger charge is 2.27. The molecule has 0 unspecified atom stereocenters. The Kier molecular flexibility index (Phi) is 5.96. The number of hydrogen-bond acceptors (Lipinski definition) is 7. The first-order valence-electron chi connectivity index (χ1n) is 10.7.